The molecule has 33 heavy (non-hydrogen) atoms. The molecule has 2 aromatic rings. The number of piperidine rings is 1. The quantitative estimate of drug-likeness (QED) is 0.274. The van der Waals surface area contributed by atoms with Crippen molar-refractivity contribution >= 4 is 46.0 Å². The van der Waals surface area contributed by atoms with Crippen molar-refractivity contribution in [3.05, 3.63) is 52.5 Å². The number of halogens is 1. The van der Waals surface area contributed by atoms with Crippen LogP contribution in [0.3, 0.4) is 0 Å². The Hall–Kier alpha value is -1.90. The number of anilines is 3. The molecule has 0 aliphatic carbocycles. The highest BCUT2D eigenvalue weighted by Crippen LogP contribution is 2.56. The zero-order valence-electron chi connectivity index (χ0n) is 19.8. The summed E-state index contributed by atoms with van der Waals surface area (Å²) in [6.45, 7) is 9.43. The highest BCUT2D eigenvalue weighted by atomic mass is 35.5. The topological polar surface area (TPSA) is 74.6 Å². The molecular formula is C25H34ClN5OS. The van der Waals surface area contributed by atoms with Crippen molar-refractivity contribution in [1.29, 1.82) is 0 Å². The maximum Gasteiger partial charge on any atom is 0.185 e. The summed E-state index contributed by atoms with van der Waals surface area (Å²) in [6.07, 6.45) is 1.98. The van der Waals surface area contributed by atoms with Crippen LogP contribution in [0.1, 0.15) is 50.8 Å². The van der Waals surface area contributed by atoms with E-state index in [4.69, 9.17) is 34.4 Å². The van der Waals surface area contributed by atoms with Gasteiger partial charge in [-0.2, -0.15) is 0 Å². The number of methoxy groups -OCH3 is 1. The molecule has 5 N–H and O–H groups in total. The van der Waals surface area contributed by atoms with Crippen molar-refractivity contribution in [3.63, 3.8) is 0 Å². The number of hydrogen-bond donors (Lipinski definition) is 4. The largest absolute Gasteiger partial charge is 0.376 e. The molecule has 178 valence electrons. The number of fused-ring (bicyclic) bond motifs is 2. The standard InChI is InChI=1S/C25H34ClN5OS/c1-24(2,3)22(32-4)16-9-10-17(26)20-21(16)31(15-25(20)11-13-28-14-12-25)19-8-6-5-7-18(19)29-23(33)30-27/h5-10,22,28H,11-15,27H2,1-4H3,(H2,29,30,33). The third kappa shape index (κ3) is 4.45. The van der Waals surface area contributed by atoms with Crippen LogP contribution < -0.4 is 26.8 Å². The molecule has 1 fully saturated rings. The molecule has 0 radical (unpaired) electrons. The zero-order chi connectivity index (χ0) is 23.8. The summed E-state index contributed by atoms with van der Waals surface area (Å²) in [5, 5.41) is 7.96. The Labute approximate surface area is 207 Å². The van der Waals surface area contributed by atoms with Gasteiger partial charge in [0.15, 0.2) is 5.11 Å². The monoisotopic (exact) mass is 487 g/mol. The van der Waals surface area contributed by atoms with Crippen LogP contribution in [-0.4, -0.2) is 31.9 Å². The molecular weight excluding hydrogens is 454 g/mol. The number of ether oxygens (including phenoxy) is 1. The van der Waals surface area contributed by atoms with E-state index in [0.29, 0.717) is 5.11 Å². The number of rotatable bonds is 4. The van der Waals surface area contributed by atoms with Crippen molar-refractivity contribution in [2.24, 2.45) is 11.3 Å². The lowest BCUT2D eigenvalue weighted by Crippen LogP contribution is -2.42. The van der Waals surface area contributed by atoms with Crippen LogP contribution in [0.5, 0.6) is 0 Å². The van der Waals surface area contributed by atoms with Gasteiger partial charge in [0.2, 0.25) is 0 Å². The van der Waals surface area contributed by atoms with E-state index in [-0.39, 0.29) is 16.9 Å². The van der Waals surface area contributed by atoms with Crippen LogP contribution in [0, 0.1) is 5.41 Å². The van der Waals surface area contributed by atoms with Crippen LogP contribution in [-0.2, 0) is 10.2 Å². The number of nitrogens with zero attached hydrogens (tertiary/aromatic N) is 1. The van der Waals surface area contributed by atoms with E-state index < -0.39 is 0 Å². The van der Waals surface area contributed by atoms with Gasteiger partial charge in [-0.3, -0.25) is 0 Å². The number of nitrogens with one attached hydrogen (secondary N) is 3. The van der Waals surface area contributed by atoms with Crippen molar-refractivity contribution in [2.45, 2.75) is 45.1 Å². The fourth-order valence-corrected chi connectivity index (χ4v) is 5.95. The van der Waals surface area contributed by atoms with E-state index in [0.717, 1.165) is 60.1 Å². The van der Waals surface area contributed by atoms with Gasteiger partial charge in [-0.15, -0.1) is 0 Å². The van der Waals surface area contributed by atoms with Gasteiger partial charge in [0.1, 0.15) is 0 Å². The summed E-state index contributed by atoms with van der Waals surface area (Å²) in [7, 11) is 1.79. The molecule has 4 rings (SSSR count). The Morgan fingerprint density at radius 2 is 1.91 bits per heavy atom. The van der Waals surface area contributed by atoms with E-state index in [9.17, 15) is 0 Å². The predicted octanol–water partition coefficient (Wildman–Crippen LogP) is 5.01. The summed E-state index contributed by atoms with van der Waals surface area (Å²) in [5.41, 5.74) is 7.91. The summed E-state index contributed by atoms with van der Waals surface area (Å²) in [4.78, 5) is 2.40. The van der Waals surface area contributed by atoms with Gasteiger partial charge in [-0.1, -0.05) is 50.6 Å². The van der Waals surface area contributed by atoms with E-state index >= 15 is 0 Å². The van der Waals surface area contributed by atoms with Crippen LogP contribution in [0.4, 0.5) is 17.1 Å². The average Bonchev–Trinajstić information content (AvgIpc) is 3.10. The van der Waals surface area contributed by atoms with Gasteiger partial charge < -0.3 is 25.7 Å². The van der Waals surface area contributed by atoms with Gasteiger partial charge in [0, 0.05) is 35.2 Å². The normalized spacial score (nSPS) is 18.2. The molecule has 2 aromatic carbocycles. The summed E-state index contributed by atoms with van der Waals surface area (Å²) in [6, 6.07) is 12.4. The number of hydrazine groups is 1. The van der Waals surface area contributed by atoms with E-state index in [1.165, 1.54) is 5.56 Å². The maximum absolute atomic E-state index is 6.98. The van der Waals surface area contributed by atoms with Gasteiger partial charge in [0.05, 0.1) is 23.2 Å². The highest BCUT2D eigenvalue weighted by Gasteiger charge is 2.48. The molecule has 0 bridgehead atoms. The van der Waals surface area contributed by atoms with E-state index in [2.05, 4.69) is 59.9 Å². The van der Waals surface area contributed by atoms with E-state index in [1.54, 1.807) is 7.11 Å². The third-order valence-corrected chi connectivity index (χ3v) is 7.39. The Balaban J connectivity index is 1.95. The fourth-order valence-electron chi connectivity index (χ4n) is 5.49. The summed E-state index contributed by atoms with van der Waals surface area (Å²) in [5.74, 6) is 5.55. The molecule has 0 amide bonds. The molecule has 1 unspecified atom stereocenters. The smallest absolute Gasteiger partial charge is 0.185 e. The Morgan fingerprint density at radius 3 is 2.55 bits per heavy atom. The minimum Gasteiger partial charge on any atom is -0.376 e. The zero-order valence-corrected chi connectivity index (χ0v) is 21.4. The van der Waals surface area contributed by atoms with Gasteiger partial charge in [-0.25, -0.2) is 5.84 Å². The minimum atomic E-state index is -0.0886. The predicted molar refractivity (Wildman–Crippen MR) is 141 cm³/mol. The summed E-state index contributed by atoms with van der Waals surface area (Å²) >= 11 is 12.3. The molecule has 2 heterocycles. The lowest BCUT2D eigenvalue weighted by atomic mass is 9.73. The second-order valence-electron chi connectivity index (χ2n) is 10.1. The lowest BCUT2D eigenvalue weighted by Gasteiger charge is -2.35. The van der Waals surface area contributed by atoms with Crippen molar-refractivity contribution in [2.75, 3.05) is 37.0 Å². The SMILES string of the molecule is COC(c1ccc(Cl)c2c1N(c1ccccc1NC(=S)NN)CC21CCNCC1)C(C)(C)C. The van der Waals surface area contributed by atoms with Crippen molar-refractivity contribution in [1.82, 2.24) is 10.7 Å². The first-order chi connectivity index (χ1) is 15.7. The van der Waals surface area contributed by atoms with Gasteiger partial charge in [0.25, 0.3) is 0 Å². The van der Waals surface area contributed by atoms with Crippen LogP contribution >= 0.6 is 23.8 Å². The maximum atomic E-state index is 6.98. The molecule has 0 saturated carbocycles. The van der Waals surface area contributed by atoms with Crippen molar-refractivity contribution in [3.8, 4) is 0 Å². The number of benzene rings is 2. The molecule has 2 aliphatic heterocycles. The molecule has 2 aliphatic rings. The van der Waals surface area contributed by atoms with E-state index in [1.807, 2.05) is 18.2 Å². The molecule has 6 nitrogen and oxygen atoms in total. The first-order valence-corrected chi connectivity index (χ1v) is 12.2. The average molecular weight is 488 g/mol. The number of nitrogens with two attached hydrogens (primary N) is 1. The number of hydrogen-bond acceptors (Lipinski definition) is 5. The first kappa shape index (κ1) is 24.2. The van der Waals surface area contributed by atoms with Gasteiger partial charge in [-0.05, 0) is 61.8 Å². The molecule has 1 saturated heterocycles. The van der Waals surface area contributed by atoms with Crippen molar-refractivity contribution < 1.29 is 4.74 Å². The fraction of sp³-hybridized carbons (Fsp3) is 0.480. The third-order valence-electron chi connectivity index (χ3n) is 6.86. The number of para-hydroxylation sites is 2. The van der Waals surface area contributed by atoms with Crippen LogP contribution in [0.25, 0.3) is 0 Å². The van der Waals surface area contributed by atoms with Crippen LogP contribution in [0.2, 0.25) is 5.02 Å². The van der Waals surface area contributed by atoms with Gasteiger partial charge >= 0.3 is 0 Å². The molecule has 1 atom stereocenters. The Kier molecular flexibility index (Phi) is 6.90. The summed E-state index contributed by atoms with van der Waals surface area (Å²) < 4.78 is 6.09. The molecule has 8 heteroatoms. The molecule has 0 aromatic heterocycles. The Bertz CT molecular complexity index is 1030. The first-order valence-electron chi connectivity index (χ1n) is 11.4. The number of thiocarbonyl (C=S) groups is 1. The second-order valence-corrected chi connectivity index (χ2v) is 10.9. The molecule has 1 spiro atoms. The minimum absolute atomic E-state index is 0.0242. The second kappa shape index (κ2) is 9.39. The van der Waals surface area contributed by atoms with Crippen LogP contribution in [0.15, 0.2) is 36.4 Å². The highest BCUT2D eigenvalue weighted by molar-refractivity contribution is 7.80. The Morgan fingerprint density at radius 1 is 1.21 bits per heavy atom. The lowest BCUT2D eigenvalue weighted by molar-refractivity contribution is 0.0156.